The summed E-state index contributed by atoms with van der Waals surface area (Å²) < 4.78 is 64.0. The Labute approximate surface area is 89.1 Å². The van der Waals surface area contributed by atoms with Crippen LogP contribution in [0.25, 0.3) is 0 Å². The van der Waals surface area contributed by atoms with Crippen LogP contribution in [0.4, 0.5) is 13.2 Å². The van der Waals surface area contributed by atoms with E-state index in [1.54, 1.807) is 0 Å². The lowest BCUT2D eigenvalue weighted by Gasteiger charge is -2.08. The van der Waals surface area contributed by atoms with Crippen LogP contribution in [0.3, 0.4) is 0 Å². The third kappa shape index (κ3) is 2.42. The van der Waals surface area contributed by atoms with Gasteiger partial charge in [-0.15, -0.1) is 0 Å². The molecule has 0 unspecified atom stereocenters. The monoisotopic (exact) mass is 256 g/mol. The number of halogens is 3. The van der Waals surface area contributed by atoms with E-state index in [1.807, 2.05) is 0 Å². The Balaban J connectivity index is 3.53. The van der Waals surface area contributed by atoms with Gasteiger partial charge in [-0.25, -0.2) is 27.3 Å². The average Bonchev–Trinajstić information content (AvgIpc) is 2.14. The first-order chi connectivity index (χ1) is 7.27. The molecule has 0 aliphatic heterocycles. The van der Waals surface area contributed by atoms with Crippen LogP contribution in [0.2, 0.25) is 0 Å². The number of aromatic nitrogens is 1. The van der Waals surface area contributed by atoms with Crippen LogP contribution in [0.1, 0.15) is 12.1 Å². The first kappa shape index (κ1) is 12.7. The van der Waals surface area contributed by atoms with Crippen molar-refractivity contribution in [1.82, 2.24) is 4.98 Å². The summed E-state index contributed by atoms with van der Waals surface area (Å²) in [4.78, 5) is 1.75. The van der Waals surface area contributed by atoms with E-state index in [4.69, 9.17) is 0 Å². The lowest BCUT2D eigenvalue weighted by atomic mass is 10.3. The number of rotatable bonds is 3. The van der Waals surface area contributed by atoms with Crippen molar-refractivity contribution in [3.63, 3.8) is 0 Å². The molecule has 9 heteroatoms. The van der Waals surface area contributed by atoms with Crippen molar-refractivity contribution in [3.8, 4) is 5.75 Å². The summed E-state index contributed by atoms with van der Waals surface area (Å²) in [5.74, 6) is -2.22. The lowest BCUT2D eigenvalue weighted by molar-refractivity contribution is 0.143. The van der Waals surface area contributed by atoms with Gasteiger partial charge >= 0.3 is 0 Å². The van der Waals surface area contributed by atoms with Crippen molar-refractivity contribution in [2.75, 3.05) is 7.11 Å². The zero-order valence-electron chi connectivity index (χ0n) is 7.95. The third-order valence-electron chi connectivity index (χ3n) is 1.65. The summed E-state index contributed by atoms with van der Waals surface area (Å²) in [5, 5.41) is 4.68. The molecule has 0 atom stereocenters. The molecule has 0 bridgehead atoms. The Morgan fingerprint density at radius 1 is 1.50 bits per heavy atom. The third-order valence-corrected chi connectivity index (χ3v) is 2.58. The molecular weight excluding hydrogens is 249 g/mol. The largest absolute Gasteiger partial charge is 0.495 e. The maximum absolute atomic E-state index is 13.2. The van der Waals surface area contributed by atoms with Gasteiger partial charge in [0.25, 0.3) is 6.43 Å². The van der Waals surface area contributed by atoms with Crippen molar-refractivity contribution >= 4 is 10.0 Å². The number of hydrogen-bond donors (Lipinski definition) is 1. The Hall–Kier alpha value is -1.35. The molecule has 1 heterocycles. The summed E-state index contributed by atoms with van der Waals surface area (Å²) in [6.45, 7) is 0. The molecule has 0 saturated heterocycles. The van der Waals surface area contributed by atoms with Gasteiger partial charge in [0.1, 0.15) is 11.4 Å². The highest BCUT2D eigenvalue weighted by Crippen LogP contribution is 2.28. The highest BCUT2D eigenvalue weighted by molar-refractivity contribution is 7.89. The first-order valence-corrected chi connectivity index (χ1v) is 5.37. The van der Waals surface area contributed by atoms with Crippen LogP contribution in [0.15, 0.2) is 11.0 Å². The van der Waals surface area contributed by atoms with Gasteiger partial charge in [0.2, 0.25) is 16.0 Å². The smallest absolute Gasteiger partial charge is 0.280 e. The van der Waals surface area contributed by atoms with Gasteiger partial charge in [-0.2, -0.15) is 4.39 Å². The number of primary sulfonamides is 1. The number of alkyl halides is 2. The summed E-state index contributed by atoms with van der Waals surface area (Å²) >= 11 is 0. The van der Waals surface area contributed by atoms with E-state index in [9.17, 15) is 21.6 Å². The number of pyridine rings is 1. The van der Waals surface area contributed by atoms with Gasteiger partial charge in [0.05, 0.1) is 7.11 Å². The molecule has 0 aromatic carbocycles. The summed E-state index contributed by atoms with van der Waals surface area (Å²) in [6, 6.07) is 0.619. The molecular formula is C7H7F3N2O3S. The molecule has 5 nitrogen and oxygen atoms in total. The molecule has 1 aromatic rings. The van der Waals surface area contributed by atoms with E-state index in [0.717, 1.165) is 7.11 Å². The average molecular weight is 256 g/mol. The Kier molecular flexibility index (Phi) is 3.38. The number of ether oxygens (including phenoxy) is 1. The van der Waals surface area contributed by atoms with Gasteiger partial charge in [0.15, 0.2) is 4.90 Å². The van der Waals surface area contributed by atoms with Crippen LogP contribution in [-0.2, 0) is 10.0 Å². The number of hydrogen-bond acceptors (Lipinski definition) is 4. The van der Waals surface area contributed by atoms with Crippen molar-refractivity contribution in [1.29, 1.82) is 0 Å². The fourth-order valence-electron chi connectivity index (χ4n) is 1.02. The highest BCUT2D eigenvalue weighted by Gasteiger charge is 2.25. The van der Waals surface area contributed by atoms with E-state index in [0.29, 0.717) is 6.07 Å². The molecule has 0 saturated carbocycles. The number of nitrogens with two attached hydrogens (primary N) is 1. The topological polar surface area (TPSA) is 82.3 Å². The minimum Gasteiger partial charge on any atom is -0.495 e. The second-order valence-electron chi connectivity index (χ2n) is 2.72. The minimum atomic E-state index is -4.43. The minimum absolute atomic E-state index is 0.606. The maximum Gasteiger partial charge on any atom is 0.280 e. The van der Waals surface area contributed by atoms with E-state index in [1.165, 1.54) is 0 Å². The molecule has 0 radical (unpaired) electrons. The van der Waals surface area contributed by atoms with Crippen molar-refractivity contribution in [3.05, 3.63) is 17.7 Å². The van der Waals surface area contributed by atoms with Crippen molar-refractivity contribution in [2.24, 2.45) is 5.14 Å². The van der Waals surface area contributed by atoms with Crippen LogP contribution >= 0.6 is 0 Å². The quantitative estimate of drug-likeness (QED) is 0.811. The predicted octanol–water partition coefficient (Wildman–Crippen LogP) is 0.814. The van der Waals surface area contributed by atoms with Gasteiger partial charge < -0.3 is 4.74 Å². The molecule has 0 aliphatic carbocycles. The first-order valence-electron chi connectivity index (χ1n) is 3.82. The SMILES string of the molecule is COc1cc(C(F)F)nc(F)c1S(N)(=O)=O. The van der Waals surface area contributed by atoms with E-state index in [-0.39, 0.29) is 0 Å². The van der Waals surface area contributed by atoms with E-state index >= 15 is 0 Å². The molecule has 1 aromatic heterocycles. The van der Waals surface area contributed by atoms with Crippen LogP contribution in [0, 0.1) is 5.95 Å². The summed E-state index contributed by atoms with van der Waals surface area (Å²) in [6.07, 6.45) is -3.04. The molecule has 0 fully saturated rings. The van der Waals surface area contributed by atoms with Crippen molar-refractivity contribution in [2.45, 2.75) is 11.3 Å². The van der Waals surface area contributed by atoms with E-state index in [2.05, 4.69) is 14.9 Å². The fraction of sp³-hybridized carbons (Fsp3) is 0.286. The van der Waals surface area contributed by atoms with Crippen LogP contribution in [-0.4, -0.2) is 20.5 Å². The zero-order valence-corrected chi connectivity index (χ0v) is 8.76. The number of nitrogens with zero attached hydrogens (tertiary/aromatic N) is 1. The molecule has 0 amide bonds. The standard InChI is InChI=1S/C7H7F3N2O3S/c1-15-4-2-3(6(8)9)12-7(10)5(4)16(11,13)14/h2,6H,1H3,(H2,11,13,14). The highest BCUT2D eigenvalue weighted by atomic mass is 32.2. The van der Waals surface area contributed by atoms with Gasteiger partial charge in [-0.1, -0.05) is 0 Å². The second kappa shape index (κ2) is 4.26. The summed E-state index contributed by atoms with van der Waals surface area (Å²) in [7, 11) is -3.43. The number of sulfonamides is 1. The van der Waals surface area contributed by atoms with E-state index < -0.39 is 38.7 Å². The molecule has 0 spiro atoms. The fourth-order valence-corrected chi connectivity index (χ4v) is 1.72. The molecule has 1 rings (SSSR count). The van der Waals surface area contributed by atoms with Gasteiger partial charge in [-0.05, 0) is 0 Å². The van der Waals surface area contributed by atoms with Crippen LogP contribution in [0.5, 0.6) is 5.75 Å². The number of methoxy groups -OCH3 is 1. The van der Waals surface area contributed by atoms with Crippen LogP contribution < -0.4 is 9.88 Å². The second-order valence-corrected chi connectivity index (χ2v) is 4.21. The maximum atomic E-state index is 13.2. The Bertz CT molecular complexity index is 504. The Morgan fingerprint density at radius 2 is 2.06 bits per heavy atom. The van der Waals surface area contributed by atoms with Gasteiger partial charge in [-0.3, -0.25) is 0 Å². The Morgan fingerprint density at radius 3 is 2.44 bits per heavy atom. The molecule has 90 valence electrons. The normalized spacial score (nSPS) is 11.9. The molecule has 16 heavy (non-hydrogen) atoms. The van der Waals surface area contributed by atoms with Crippen molar-refractivity contribution < 1.29 is 26.3 Å². The zero-order chi connectivity index (χ0) is 12.5. The predicted molar refractivity (Wildman–Crippen MR) is 47.1 cm³/mol. The molecule has 2 N–H and O–H groups in total. The van der Waals surface area contributed by atoms with Gasteiger partial charge in [0, 0.05) is 6.07 Å². The molecule has 0 aliphatic rings. The summed E-state index contributed by atoms with van der Waals surface area (Å²) in [5.41, 5.74) is -0.929. The lowest BCUT2D eigenvalue weighted by Crippen LogP contribution is -2.17.